The van der Waals surface area contributed by atoms with Crippen LogP contribution in [0.4, 0.5) is 4.39 Å². The Bertz CT molecular complexity index is 648. The highest BCUT2D eigenvalue weighted by atomic mass is 127. The van der Waals surface area contributed by atoms with Crippen molar-refractivity contribution in [1.82, 2.24) is 0 Å². The number of halogens is 2. The van der Waals surface area contributed by atoms with E-state index in [1.54, 1.807) is 12.1 Å². The number of aryl methyl sites for hydroxylation is 1. The Kier molecular flexibility index (Phi) is 6.25. The Morgan fingerprint density at radius 1 is 1.00 bits per heavy atom. The first kappa shape index (κ1) is 16.0. The summed E-state index contributed by atoms with van der Waals surface area (Å²) < 4.78 is 16.6. The SMILES string of the molecule is CCCCCc1ccc(-c2ccc(C#CI)c(F)c2)cc1. The van der Waals surface area contributed by atoms with Crippen LogP contribution in [0, 0.1) is 15.7 Å². The zero-order chi connectivity index (χ0) is 15.1. The second-order valence-corrected chi connectivity index (χ2v) is 5.61. The smallest absolute Gasteiger partial charge is 0.139 e. The molecule has 2 heteroatoms. The molecule has 0 nitrogen and oxygen atoms in total. The van der Waals surface area contributed by atoms with Gasteiger partial charge in [-0.3, -0.25) is 0 Å². The minimum Gasteiger partial charge on any atom is -0.206 e. The molecule has 0 saturated carbocycles. The zero-order valence-corrected chi connectivity index (χ0v) is 14.3. The van der Waals surface area contributed by atoms with Gasteiger partial charge in [0, 0.05) is 22.6 Å². The average Bonchev–Trinajstić information content (AvgIpc) is 2.50. The van der Waals surface area contributed by atoms with Crippen molar-refractivity contribution in [3.63, 3.8) is 0 Å². The third kappa shape index (κ3) is 4.57. The Labute approximate surface area is 139 Å². The predicted octanol–water partition coefficient (Wildman–Crippen LogP) is 5.97. The number of unbranched alkanes of at least 4 members (excludes halogenated alkanes) is 2. The van der Waals surface area contributed by atoms with Gasteiger partial charge < -0.3 is 0 Å². The van der Waals surface area contributed by atoms with Crippen LogP contribution in [0.15, 0.2) is 42.5 Å². The van der Waals surface area contributed by atoms with E-state index in [0.717, 1.165) is 17.5 Å². The van der Waals surface area contributed by atoms with Gasteiger partial charge in [0.2, 0.25) is 0 Å². The summed E-state index contributed by atoms with van der Waals surface area (Å²) in [4.78, 5) is 0. The van der Waals surface area contributed by atoms with E-state index >= 15 is 0 Å². The first-order chi connectivity index (χ1) is 10.2. The first-order valence-electron chi connectivity index (χ1n) is 7.25. The van der Waals surface area contributed by atoms with Gasteiger partial charge in [-0.1, -0.05) is 56.0 Å². The van der Waals surface area contributed by atoms with Crippen LogP contribution in [-0.2, 0) is 6.42 Å². The lowest BCUT2D eigenvalue weighted by atomic mass is 10.0. The number of benzene rings is 2. The van der Waals surface area contributed by atoms with E-state index in [9.17, 15) is 4.39 Å². The molecule has 21 heavy (non-hydrogen) atoms. The van der Waals surface area contributed by atoms with Crippen molar-refractivity contribution < 1.29 is 4.39 Å². The molecule has 0 aliphatic carbocycles. The highest BCUT2D eigenvalue weighted by molar-refractivity contribution is 14.1. The molecule has 0 N–H and O–H groups in total. The van der Waals surface area contributed by atoms with Crippen LogP contribution in [0.1, 0.15) is 37.3 Å². The van der Waals surface area contributed by atoms with Crippen LogP contribution in [-0.4, -0.2) is 0 Å². The lowest BCUT2D eigenvalue weighted by molar-refractivity contribution is 0.625. The molecule has 0 aromatic heterocycles. The Hall–Kier alpha value is -1.34. The third-order valence-electron chi connectivity index (χ3n) is 3.51. The second-order valence-electron chi connectivity index (χ2n) is 5.07. The van der Waals surface area contributed by atoms with Gasteiger partial charge in [0.05, 0.1) is 5.56 Å². The molecule has 0 atom stereocenters. The predicted molar refractivity (Wildman–Crippen MR) is 96.0 cm³/mol. The summed E-state index contributed by atoms with van der Waals surface area (Å²) in [5, 5.41) is 0. The number of rotatable bonds is 5. The summed E-state index contributed by atoms with van der Waals surface area (Å²) in [5.41, 5.74) is 3.73. The highest BCUT2D eigenvalue weighted by Crippen LogP contribution is 2.22. The molecule has 2 aromatic rings. The maximum atomic E-state index is 13.9. The van der Waals surface area contributed by atoms with Crippen molar-refractivity contribution in [2.75, 3.05) is 0 Å². The van der Waals surface area contributed by atoms with E-state index in [2.05, 4.69) is 41.0 Å². The van der Waals surface area contributed by atoms with Crippen LogP contribution in [0.2, 0.25) is 0 Å². The van der Waals surface area contributed by atoms with Crippen molar-refractivity contribution in [2.45, 2.75) is 32.6 Å². The molecule has 0 unspecified atom stereocenters. The zero-order valence-electron chi connectivity index (χ0n) is 12.1. The Balaban J connectivity index is 2.14. The molecule has 0 amide bonds. The Morgan fingerprint density at radius 3 is 2.33 bits per heavy atom. The van der Waals surface area contributed by atoms with Crippen LogP contribution in [0.25, 0.3) is 11.1 Å². The van der Waals surface area contributed by atoms with E-state index in [1.807, 2.05) is 28.7 Å². The third-order valence-corrected chi connectivity index (χ3v) is 3.78. The van der Waals surface area contributed by atoms with Gasteiger partial charge in [-0.15, -0.1) is 0 Å². The highest BCUT2D eigenvalue weighted by Gasteiger charge is 2.04. The summed E-state index contributed by atoms with van der Waals surface area (Å²) in [5.74, 6) is 2.49. The van der Waals surface area contributed by atoms with Crippen LogP contribution < -0.4 is 0 Å². The fourth-order valence-electron chi connectivity index (χ4n) is 2.29. The molecule has 0 radical (unpaired) electrons. The fraction of sp³-hybridized carbons (Fsp3) is 0.263. The van der Waals surface area contributed by atoms with E-state index in [0.29, 0.717) is 5.56 Å². The second kappa shape index (κ2) is 8.19. The molecule has 0 bridgehead atoms. The van der Waals surface area contributed by atoms with Crippen molar-refractivity contribution >= 4 is 22.6 Å². The van der Waals surface area contributed by atoms with Crippen molar-refractivity contribution in [3.05, 3.63) is 59.4 Å². The molecule has 0 aliphatic rings. The van der Waals surface area contributed by atoms with Crippen molar-refractivity contribution in [2.24, 2.45) is 0 Å². The number of hydrogen-bond donors (Lipinski definition) is 0. The average molecular weight is 392 g/mol. The quantitative estimate of drug-likeness (QED) is 0.334. The van der Waals surface area contributed by atoms with Gasteiger partial charge in [-0.25, -0.2) is 4.39 Å². The molecule has 0 spiro atoms. The topological polar surface area (TPSA) is 0 Å². The first-order valence-corrected chi connectivity index (χ1v) is 8.33. The van der Waals surface area contributed by atoms with E-state index in [1.165, 1.54) is 24.8 Å². The lowest BCUT2D eigenvalue weighted by Gasteiger charge is -2.05. The minimum absolute atomic E-state index is 0.260. The summed E-state index contributed by atoms with van der Waals surface area (Å²) in [7, 11) is 0. The molecular weight excluding hydrogens is 374 g/mol. The van der Waals surface area contributed by atoms with Gasteiger partial charge in [-0.2, -0.15) is 0 Å². The standard InChI is InChI=1S/C19H18FI/c1-2-3-4-5-15-6-8-16(9-7-15)18-11-10-17(12-13-21)19(20)14-18/h6-11,14H,2-5H2,1H3. The summed E-state index contributed by atoms with van der Waals surface area (Å²) in [6.45, 7) is 2.21. The Morgan fingerprint density at radius 2 is 1.71 bits per heavy atom. The minimum atomic E-state index is -0.260. The molecular formula is C19H18FI. The molecule has 2 rings (SSSR count). The summed E-state index contributed by atoms with van der Waals surface area (Å²) in [6.07, 6.45) is 4.86. The van der Waals surface area contributed by atoms with Crippen LogP contribution in [0.3, 0.4) is 0 Å². The fourth-order valence-corrected chi connectivity index (χ4v) is 2.58. The van der Waals surface area contributed by atoms with Gasteiger partial charge in [0.1, 0.15) is 5.82 Å². The van der Waals surface area contributed by atoms with Crippen LogP contribution in [0.5, 0.6) is 0 Å². The maximum absolute atomic E-state index is 13.9. The van der Waals surface area contributed by atoms with Gasteiger partial charge in [0.25, 0.3) is 0 Å². The summed E-state index contributed by atoms with van der Waals surface area (Å²) >= 11 is 1.92. The lowest BCUT2D eigenvalue weighted by Crippen LogP contribution is -1.88. The molecule has 0 heterocycles. The molecule has 108 valence electrons. The van der Waals surface area contributed by atoms with Gasteiger partial charge in [0.15, 0.2) is 0 Å². The van der Waals surface area contributed by atoms with Gasteiger partial charge in [-0.05, 0) is 45.6 Å². The van der Waals surface area contributed by atoms with Crippen molar-refractivity contribution in [1.29, 1.82) is 0 Å². The number of hydrogen-bond acceptors (Lipinski definition) is 0. The van der Waals surface area contributed by atoms with Crippen molar-refractivity contribution in [3.8, 4) is 21.0 Å². The normalized spacial score (nSPS) is 10.0. The van der Waals surface area contributed by atoms with Crippen LogP contribution >= 0.6 is 22.6 Å². The molecule has 2 aromatic carbocycles. The molecule has 0 saturated heterocycles. The van der Waals surface area contributed by atoms with E-state index in [-0.39, 0.29) is 5.82 Å². The summed E-state index contributed by atoms with van der Waals surface area (Å²) in [6, 6.07) is 13.6. The molecule has 0 fully saturated rings. The largest absolute Gasteiger partial charge is 0.206 e. The monoisotopic (exact) mass is 392 g/mol. The van der Waals surface area contributed by atoms with Gasteiger partial charge >= 0.3 is 0 Å². The van der Waals surface area contributed by atoms with E-state index in [4.69, 9.17) is 0 Å². The molecule has 0 aliphatic heterocycles. The maximum Gasteiger partial charge on any atom is 0.139 e. The van der Waals surface area contributed by atoms with E-state index < -0.39 is 0 Å².